The minimum absolute atomic E-state index is 0.148. The fourth-order valence-electron chi connectivity index (χ4n) is 4.07. The molecule has 1 aliphatic heterocycles. The van der Waals surface area contributed by atoms with Gasteiger partial charge in [0.05, 0.1) is 19.4 Å². The number of hydrazine groups is 1. The van der Waals surface area contributed by atoms with Crippen molar-refractivity contribution in [2.75, 3.05) is 13.1 Å². The van der Waals surface area contributed by atoms with Gasteiger partial charge in [-0.05, 0) is 42.8 Å². The molecule has 1 unspecified atom stereocenters. The molecule has 0 bridgehead atoms. The van der Waals surface area contributed by atoms with Gasteiger partial charge < -0.3 is 5.01 Å². The lowest BCUT2D eigenvalue weighted by Gasteiger charge is -2.38. The zero-order valence-corrected chi connectivity index (χ0v) is 18.3. The maximum Gasteiger partial charge on any atom is 0.181 e. The molecule has 1 aliphatic rings. The molecule has 2 aromatic carbocycles. The van der Waals surface area contributed by atoms with Crippen LogP contribution in [-0.4, -0.2) is 50.1 Å². The molecule has 7 nitrogen and oxygen atoms in total. The summed E-state index contributed by atoms with van der Waals surface area (Å²) in [6.07, 6.45) is 0.992. The Morgan fingerprint density at radius 1 is 1.22 bits per heavy atom. The molecule has 3 aromatic rings. The fourth-order valence-corrected chi connectivity index (χ4v) is 4.20. The van der Waals surface area contributed by atoms with E-state index >= 15 is 0 Å². The van der Waals surface area contributed by atoms with Crippen LogP contribution in [0.5, 0.6) is 0 Å². The van der Waals surface area contributed by atoms with E-state index in [4.69, 9.17) is 27.8 Å². The predicted molar refractivity (Wildman–Crippen MR) is 119 cm³/mol. The standard InChI is InChI=1S/C22H24ClF2N7/c1-14(19(11-31(27)13-26)18-7-6-17(24)10-20(18)25)30-8-9-32-21(12-30)28-22(29-32)15-2-4-16(23)5-3-15/h2-7,10,13-14,19,26H,8-9,11-12,27H2,1H3/t14-,19?/m1/s1. The van der Waals surface area contributed by atoms with E-state index in [9.17, 15) is 8.78 Å². The highest BCUT2D eigenvalue weighted by atomic mass is 35.5. The maximum atomic E-state index is 14.6. The van der Waals surface area contributed by atoms with Crippen molar-refractivity contribution in [1.29, 1.82) is 5.41 Å². The number of nitrogens with zero attached hydrogens (tertiary/aromatic N) is 5. The summed E-state index contributed by atoms with van der Waals surface area (Å²) in [5, 5.41) is 13.9. The largest absolute Gasteiger partial charge is 0.301 e. The average molecular weight is 460 g/mol. The molecule has 0 spiro atoms. The van der Waals surface area contributed by atoms with Gasteiger partial charge >= 0.3 is 0 Å². The summed E-state index contributed by atoms with van der Waals surface area (Å²) in [5.74, 6) is 5.66. The molecule has 32 heavy (non-hydrogen) atoms. The number of hydrogen-bond acceptors (Lipinski definition) is 5. The number of hydrogen-bond donors (Lipinski definition) is 2. The molecule has 0 saturated carbocycles. The van der Waals surface area contributed by atoms with Crippen LogP contribution >= 0.6 is 11.6 Å². The Labute approximate surface area is 189 Å². The summed E-state index contributed by atoms with van der Waals surface area (Å²) in [6.45, 7) is 4.04. The number of halogens is 3. The van der Waals surface area contributed by atoms with Gasteiger partial charge in [0.15, 0.2) is 5.82 Å². The van der Waals surface area contributed by atoms with Crippen molar-refractivity contribution in [3.05, 3.63) is 70.5 Å². The number of aromatic nitrogens is 3. The Bertz CT molecular complexity index is 1100. The summed E-state index contributed by atoms with van der Waals surface area (Å²) < 4.78 is 30.0. The third kappa shape index (κ3) is 4.64. The van der Waals surface area contributed by atoms with E-state index in [-0.39, 0.29) is 18.5 Å². The first kappa shape index (κ1) is 22.3. The Balaban J connectivity index is 1.58. The molecule has 4 rings (SSSR count). The molecule has 2 heterocycles. The quantitative estimate of drug-likeness (QED) is 0.244. The number of benzene rings is 2. The second kappa shape index (κ2) is 9.32. The molecular weight excluding hydrogens is 436 g/mol. The fraction of sp³-hybridized carbons (Fsp3) is 0.318. The molecule has 168 valence electrons. The van der Waals surface area contributed by atoms with Gasteiger partial charge in [-0.15, -0.1) is 0 Å². The van der Waals surface area contributed by atoms with Crippen LogP contribution in [0.4, 0.5) is 8.78 Å². The Kier molecular flexibility index (Phi) is 6.50. The monoisotopic (exact) mass is 459 g/mol. The lowest BCUT2D eigenvalue weighted by atomic mass is 9.90. The Morgan fingerprint density at radius 2 is 1.97 bits per heavy atom. The van der Waals surface area contributed by atoms with Gasteiger partial charge in [-0.3, -0.25) is 10.3 Å². The summed E-state index contributed by atoms with van der Waals surface area (Å²) >= 11 is 5.97. The molecule has 2 atom stereocenters. The number of nitrogens with one attached hydrogen (secondary N) is 1. The third-order valence-electron chi connectivity index (χ3n) is 5.89. The third-order valence-corrected chi connectivity index (χ3v) is 6.14. The smallest absolute Gasteiger partial charge is 0.181 e. The van der Waals surface area contributed by atoms with Crippen molar-refractivity contribution in [2.45, 2.75) is 32.0 Å². The summed E-state index contributed by atoms with van der Waals surface area (Å²) in [6, 6.07) is 10.8. The minimum Gasteiger partial charge on any atom is -0.301 e. The molecule has 3 N–H and O–H groups in total. The van der Waals surface area contributed by atoms with E-state index in [1.165, 1.54) is 17.1 Å². The van der Waals surface area contributed by atoms with E-state index < -0.39 is 11.6 Å². The van der Waals surface area contributed by atoms with Crippen molar-refractivity contribution >= 4 is 17.9 Å². The van der Waals surface area contributed by atoms with E-state index in [2.05, 4.69) is 10.00 Å². The van der Waals surface area contributed by atoms with Crippen LogP contribution in [0, 0.1) is 17.0 Å². The second-order valence-corrected chi connectivity index (χ2v) is 8.33. The van der Waals surface area contributed by atoms with Crippen LogP contribution in [0.15, 0.2) is 42.5 Å². The lowest BCUT2D eigenvalue weighted by Crippen LogP contribution is -2.46. The van der Waals surface area contributed by atoms with Crippen molar-refractivity contribution in [3.8, 4) is 11.4 Å². The SMILES string of the molecule is C[C@H](C(CN(N)C=N)c1ccc(F)cc1F)N1CCn2nc(-c3ccc(Cl)cc3)nc2C1. The molecule has 0 aliphatic carbocycles. The van der Waals surface area contributed by atoms with Crippen LogP contribution in [0.2, 0.25) is 5.02 Å². The molecule has 0 saturated heterocycles. The van der Waals surface area contributed by atoms with Crippen LogP contribution in [-0.2, 0) is 13.1 Å². The van der Waals surface area contributed by atoms with Gasteiger partial charge in [-0.2, -0.15) is 5.10 Å². The average Bonchev–Trinajstić information content (AvgIpc) is 3.21. The van der Waals surface area contributed by atoms with E-state index in [0.29, 0.717) is 36.0 Å². The number of fused-ring (bicyclic) bond motifs is 1. The van der Waals surface area contributed by atoms with Gasteiger partial charge in [0.1, 0.15) is 17.5 Å². The second-order valence-electron chi connectivity index (χ2n) is 7.89. The molecular formula is C22H24ClF2N7. The van der Waals surface area contributed by atoms with Gasteiger partial charge in [0, 0.05) is 41.7 Å². The highest BCUT2D eigenvalue weighted by Gasteiger charge is 2.31. The van der Waals surface area contributed by atoms with E-state index in [1.807, 2.05) is 23.7 Å². The topological polar surface area (TPSA) is 87.1 Å². The van der Waals surface area contributed by atoms with Crippen molar-refractivity contribution in [1.82, 2.24) is 24.7 Å². The zero-order chi connectivity index (χ0) is 22.8. The highest BCUT2D eigenvalue weighted by Crippen LogP contribution is 2.29. The Morgan fingerprint density at radius 3 is 2.66 bits per heavy atom. The van der Waals surface area contributed by atoms with Gasteiger partial charge in [-0.1, -0.05) is 17.7 Å². The lowest BCUT2D eigenvalue weighted by molar-refractivity contribution is 0.128. The first-order valence-corrected chi connectivity index (χ1v) is 10.6. The van der Waals surface area contributed by atoms with Crippen LogP contribution in [0.3, 0.4) is 0 Å². The molecule has 1 aromatic heterocycles. The van der Waals surface area contributed by atoms with Gasteiger partial charge in [-0.25, -0.2) is 24.3 Å². The van der Waals surface area contributed by atoms with Gasteiger partial charge in [0.25, 0.3) is 0 Å². The normalized spacial score (nSPS) is 15.8. The number of rotatable bonds is 7. The molecule has 0 fully saturated rings. The minimum atomic E-state index is -0.630. The van der Waals surface area contributed by atoms with Gasteiger partial charge in [0.2, 0.25) is 0 Å². The van der Waals surface area contributed by atoms with Crippen LogP contribution < -0.4 is 5.84 Å². The molecule has 0 radical (unpaired) electrons. The summed E-state index contributed by atoms with van der Waals surface area (Å²) in [4.78, 5) is 6.88. The van der Waals surface area contributed by atoms with E-state index in [0.717, 1.165) is 23.8 Å². The van der Waals surface area contributed by atoms with Crippen LogP contribution in [0.1, 0.15) is 24.2 Å². The predicted octanol–water partition coefficient (Wildman–Crippen LogP) is 3.65. The molecule has 0 amide bonds. The first-order valence-electron chi connectivity index (χ1n) is 10.3. The maximum absolute atomic E-state index is 14.6. The van der Waals surface area contributed by atoms with Crippen LogP contribution in [0.25, 0.3) is 11.4 Å². The summed E-state index contributed by atoms with van der Waals surface area (Å²) in [5.41, 5.74) is 1.25. The zero-order valence-electron chi connectivity index (χ0n) is 17.5. The summed E-state index contributed by atoms with van der Waals surface area (Å²) in [7, 11) is 0. The Hall–Kier alpha value is -2.88. The molecule has 10 heteroatoms. The van der Waals surface area contributed by atoms with Crippen molar-refractivity contribution < 1.29 is 8.78 Å². The van der Waals surface area contributed by atoms with Crippen molar-refractivity contribution in [2.24, 2.45) is 5.84 Å². The highest BCUT2D eigenvalue weighted by molar-refractivity contribution is 6.30. The van der Waals surface area contributed by atoms with E-state index in [1.54, 1.807) is 12.1 Å². The number of nitrogens with two attached hydrogens (primary N) is 1. The first-order chi connectivity index (χ1) is 15.4. The van der Waals surface area contributed by atoms with Crippen molar-refractivity contribution in [3.63, 3.8) is 0 Å².